The summed E-state index contributed by atoms with van der Waals surface area (Å²) in [5.74, 6) is 1.03. The van der Waals surface area contributed by atoms with E-state index in [9.17, 15) is 4.79 Å². The van der Waals surface area contributed by atoms with Crippen molar-refractivity contribution in [3.63, 3.8) is 0 Å². The fourth-order valence-corrected chi connectivity index (χ4v) is 2.86. The van der Waals surface area contributed by atoms with Crippen molar-refractivity contribution in [3.05, 3.63) is 38.6 Å². The zero-order chi connectivity index (χ0) is 15.0. The molecule has 2 heterocycles. The number of hydrogen-bond donors (Lipinski definition) is 1. The Labute approximate surface area is 135 Å². The summed E-state index contributed by atoms with van der Waals surface area (Å²) < 4.78 is 2.66. The maximum Gasteiger partial charge on any atom is 0.258 e. The number of nitrogens with zero attached hydrogens (tertiary/aromatic N) is 3. The van der Waals surface area contributed by atoms with Gasteiger partial charge in [0.05, 0.1) is 5.02 Å². The molecule has 0 bridgehead atoms. The molecule has 0 spiro atoms. The van der Waals surface area contributed by atoms with E-state index in [1.54, 1.807) is 12.1 Å². The van der Waals surface area contributed by atoms with Crippen LogP contribution in [0.2, 0.25) is 5.02 Å². The molecule has 0 fully saturated rings. The van der Waals surface area contributed by atoms with Gasteiger partial charge in [-0.1, -0.05) is 11.6 Å². The van der Waals surface area contributed by atoms with E-state index in [1.807, 2.05) is 11.6 Å². The van der Waals surface area contributed by atoms with Crippen LogP contribution in [0.15, 0.2) is 16.6 Å². The third kappa shape index (κ3) is 2.96. The Hall–Kier alpha value is -1.40. The Kier molecular flexibility index (Phi) is 3.99. The Morgan fingerprint density at radius 1 is 1.43 bits per heavy atom. The predicted octanol–water partition coefficient (Wildman–Crippen LogP) is 3.59. The Balaban J connectivity index is 1.81. The zero-order valence-corrected chi connectivity index (χ0v) is 13.8. The number of hydrogen-bond acceptors (Lipinski definition) is 3. The molecule has 1 aliphatic heterocycles. The van der Waals surface area contributed by atoms with Gasteiger partial charge in [-0.25, -0.2) is 4.68 Å². The predicted molar refractivity (Wildman–Crippen MR) is 84.8 cm³/mol. The molecule has 0 atom stereocenters. The molecule has 0 saturated carbocycles. The van der Waals surface area contributed by atoms with Gasteiger partial charge in [0.25, 0.3) is 5.91 Å². The molecule has 1 aromatic carbocycles. The van der Waals surface area contributed by atoms with E-state index in [0.29, 0.717) is 16.5 Å². The van der Waals surface area contributed by atoms with E-state index < -0.39 is 0 Å². The lowest BCUT2D eigenvalue weighted by Crippen LogP contribution is -2.14. The van der Waals surface area contributed by atoms with E-state index in [1.165, 1.54) is 0 Å². The maximum atomic E-state index is 12.3. The molecule has 0 unspecified atom stereocenters. The van der Waals surface area contributed by atoms with Gasteiger partial charge in [-0.3, -0.25) is 10.1 Å². The second-order valence-corrected chi connectivity index (χ2v) is 6.28. The molecule has 1 aliphatic rings. The van der Waals surface area contributed by atoms with Crippen LogP contribution in [0.4, 0.5) is 5.95 Å². The van der Waals surface area contributed by atoms with E-state index in [4.69, 9.17) is 11.6 Å². The van der Waals surface area contributed by atoms with Gasteiger partial charge in [0.2, 0.25) is 5.95 Å². The third-order valence-corrected chi connectivity index (χ3v) is 5.05. The van der Waals surface area contributed by atoms with Gasteiger partial charge in [-0.15, -0.1) is 5.10 Å². The molecular formula is C14H14BrClN4O. The largest absolute Gasteiger partial charge is 0.289 e. The second kappa shape index (κ2) is 5.77. The topological polar surface area (TPSA) is 59.8 Å². The number of anilines is 1. The minimum absolute atomic E-state index is 0.254. The fraction of sp³-hybridized carbons (Fsp3) is 0.357. The van der Waals surface area contributed by atoms with Crippen LogP contribution in [0.3, 0.4) is 0 Å². The third-order valence-electron chi connectivity index (χ3n) is 3.47. The average Bonchev–Trinajstić information content (AvgIpc) is 2.86. The number of halogens is 2. The van der Waals surface area contributed by atoms with E-state index >= 15 is 0 Å². The summed E-state index contributed by atoms with van der Waals surface area (Å²) in [5.41, 5.74) is 1.40. The highest BCUT2D eigenvalue weighted by atomic mass is 79.9. The summed E-state index contributed by atoms with van der Waals surface area (Å²) in [6.45, 7) is 2.75. The number of amides is 1. The molecule has 1 N–H and O–H groups in total. The van der Waals surface area contributed by atoms with Crippen molar-refractivity contribution >= 4 is 39.4 Å². The number of carbonyl (C=O) groups excluding carboxylic acids is 1. The average molecular weight is 370 g/mol. The molecule has 7 heteroatoms. The minimum atomic E-state index is -0.254. The lowest BCUT2D eigenvalue weighted by atomic mass is 10.1. The van der Waals surface area contributed by atoms with Crippen molar-refractivity contribution < 1.29 is 4.79 Å². The van der Waals surface area contributed by atoms with Gasteiger partial charge >= 0.3 is 0 Å². The number of aryl methyl sites for hydroxylation is 3. The number of carbonyl (C=O) groups is 1. The fourth-order valence-electron chi connectivity index (χ4n) is 2.37. The number of rotatable bonds is 2. The van der Waals surface area contributed by atoms with Crippen LogP contribution in [0.25, 0.3) is 0 Å². The maximum absolute atomic E-state index is 12.3. The second-order valence-electron chi connectivity index (χ2n) is 5.07. The highest BCUT2D eigenvalue weighted by molar-refractivity contribution is 9.10. The summed E-state index contributed by atoms with van der Waals surface area (Å²) in [7, 11) is 0. The summed E-state index contributed by atoms with van der Waals surface area (Å²) in [6.07, 6.45) is 3.13. The standard InChI is InChI=1S/C14H14BrClN4O/c1-8-6-9(7-10(16)12(8)15)13(21)18-14-17-11-4-2-3-5-20(11)19-14/h6-7H,2-5H2,1H3,(H,18,19,21). The van der Waals surface area contributed by atoms with E-state index in [2.05, 4.69) is 31.3 Å². The number of aromatic nitrogens is 3. The highest BCUT2D eigenvalue weighted by Gasteiger charge is 2.17. The smallest absolute Gasteiger partial charge is 0.258 e. The van der Waals surface area contributed by atoms with Crippen LogP contribution in [0, 0.1) is 6.92 Å². The van der Waals surface area contributed by atoms with E-state index in [-0.39, 0.29) is 5.91 Å². The number of nitrogens with one attached hydrogen (secondary N) is 1. The first kappa shape index (κ1) is 14.5. The highest BCUT2D eigenvalue weighted by Crippen LogP contribution is 2.27. The first-order valence-corrected chi connectivity index (χ1v) is 7.92. The molecule has 110 valence electrons. The van der Waals surface area contributed by atoms with Crippen LogP contribution in [0.1, 0.15) is 34.6 Å². The molecule has 0 aliphatic carbocycles. The van der Waals surface area contributed by atoms with Crippen LogP contribution in [-0.2, 0) is 13.0 Å². The summed E-state index contributed by atoms with van der Waals surface area (Å²) in [4.78, 5) is 16.6. The molecule has 21 heavy (non-hydrogen) atoms. The quantitative estimate of drug-likeness (QED) is 0.880. The summed E-state index contributed by atoms with van der Waals surface area (Å²) >= 11 is 9.46. The lowest BCUT2D eigenvalue weighted by Gasteiger charge is -2.09. The van der Waals surface area contributed by atoms with Crippen molar-refractivity contribution in [1.82, 2.24) is 14.8 Å². The Morgan fingerprint density at radius 2 is 2.24 bits per heavy atom. The van der Waals surface area contributed by atoms with Crippen molar-refractivity contribution in [2.75, 3.05) is 5.32 Å². The molecule has 0 saturated heterocycles. The Morgan fingerprint density at radius 3 is 2.95 bits per heavy atom. The monoisotopic (exact) mass is 368 g/mol. The molecule has 1 aromatic heterocycles. The Bertz CT molecular complexity index is 666. The summed E-state index contributed by atoms with van der Waals surface area (Å²) in [5, 5.41) is 7.55. The lowest BCUT2D eigenvalue weighted by molar-refractivity contribution is 0.102. The van der Waals surface area contributed by atoms with Gasteiger partial charge in [0, 0.05) is 23.0 Å². The normalized spacial score (nSPS) is 13.9. The molecule has 3 rings (SSSR count). The van der Waals surface area contributed by atoms with Crippen molar-refractivity contribution in [2.45, 2.75) is 32.7 Å². The van der Waals surface area contributed by atoms with Gasteiger partial charge in [0.15, 0.2) is 0 Å². The van der Waals surface area contributed by atoms with E-state index in [0.717, 1.165) is 41.7 Å². The van der Waals surface area contributed by atoms with Crippen LogP contribution in [0.5, 0.6) is 0 Å². The van der Waals surface area contributed by atoms with Gasteiger partial charge in [-0.2, -0.15) is 4.98 Å². The minimum Gasteiger partial charge on any atom is -0.289 e. The van der Waals surface area contributed by atoms with Crippen molar-refractivity contribution in [1.29, 1.82) is 0 Å². The summed E-state index contributed by atoms with van der Waals surface area (Å²) in [6, 6.07) is 3.41. The van der Waals surface area contributed by atoms with Gasteiger partial charge in [-0.05, 0) is 53.4 Å². The van der Waals surface area contributed by atoms with Gasteiger partial charge in [0.1, 0.15) is 5.82 Å². The molecular weight excluding hydrogens is 356 g/mol. The molecule has 5 nitrogen and oxygen atoms in total. The van der Waals surface area contributed by atoms with Crippen LogP contribution < -0.4 is 5.32 Å². The first-order valence-electron chi connectivity index (χ1n) is 6.75. The van der Waals surface area contributed by atoms with Crippen molar-refractivity contribution in [3.8, 4) is 0 Å². The number of benzene rings is 1. The first-order chi connectivity index (χ1) is 10.0. The zero-order valence-electron chi connectivity index (χ0n) is 11.5. The molecule has 2 aromatic rings. The number of fused-ring (bicyclic) bond motifs is 1. The SMILES string of the molecule is Cc1cc(C(=O)Nc2nc3n(n2)CCCC3)cc(Cl)c1Br. The van der Waals surface area contributed by atoms with Crippen LogP contribution >= 0.6 is 27.5 Å². The van der Waals surface area contributed by atoms with Gasteiger partial charge < -0.3 is 0 Å². The van der Waals surface area contributed by atoms with Crippen molar-refractivity contribution in [2.24, 2.45) is 0 Å². The van der Waals surface area contributed by atoms with Crippen LogP contribution in [-0.4, -0.2) is 20.7 Å². The molecule has 0 radical (unpaired) electrons. The molecule has 1 amide bonds.